The number of hydrogen-bond donors (Lipinski definition) is 0. The van der Waals surface area contributed by atoms with Crippen molar-refractivity contribution in [3.05, 3.63) is 69.9 Å². The number of hydrogen-bond acceptors (Lipinski definition) is 5. The van der Waals surface area contributed by atoms with Crippen molar-refractivity contribution in [2.75, 3.05) is 0 Å². The largest absolute Gasteiger partial charge is 0.435 e. The maximum atomic E-state index is 13.3. The van der Waals surface area contributed by atoms with Gasteiger partial charge >= 0.3 is 6.18 Å². The van der Waals surface area contributed by atoms with Gasteiger partial charge in [0.25, 0.3) is 5.69 Å². The Bertz CT molecular complexity index is 1200. The van der Waals surface area contributed by atoms with Crippen LogP contribution in [0.1, 0.15) is 11.3 Å². The highest BCUT2D eigenvalue weighted by atomic mass is 32.1. The molecular weight excluding hydrogens is 393 g/mol. The molecule has 0 amide bonds. The van der Waals surface area contributed by atoms with E-state index in [0.717, 1.165) is 21.0 Å². The van der Waals surface area contributed by atoms with Gasteiger partial charge in [0.05, 0.1) is 20.8 Å². The summed E-state index contributed by atoms with van der Waals surface area (Å²) in [7, 11) is 0. The number of rotatable bonds is 3. The highest BCUT2D eigenvalue weighted by Gasteiger charge is 2.35. The van der Waals surface area contributed by atoms with Crippen molar-refractivity contribution in [2.45, 2.75) is 13.1 Å². The number of nitrogens with zero attached hydrogens (tertiary/aromatic N) is 4. The Hall–Kier alpha value is -3.27. The molecule has 0 atom stereocenters. The molecule has 10 heteroatoms. The smallest absolute Gasteiger partial charge is 0.258 e. The van der Waals surface area contributed by atoms with E-state index in [1.807, 2.05) is 19.1 Å². The number of halogens is 3. The van der Waals surface area contributed by atoms with Crippen LogP contribution in [0.3, 0.4) is 0 Å². The second-order valence-electron chi connectivity index (χ2n) is 6.10. The second-order valence-corrected chi connectivity index (χ2v) is 7.11. The lowest BCUT2D eigenvalue weighted by Crippen LogP contribution is -2.07. The summed E-state index contributed by atoms with van der Waals surface area (Å²) in [4.78, 5) is 14.7. The summed E-state index contributed by atoms with van der Waals surface area (Å²) >= 11 is 1.22. The summed E-state index contributed by atoms with van der Waals surface area (Å²) in [5.74, 6) is 0. The number of nitro groups is 1. The van der Waals surface area contributed by atoms with Crippen LogP contribution in [0, 0.1) is 17.0 Å². The number of aryl methyl sites for hydroxylation is 1. The lowest BCUT2D eigenvalue weighted by Gasteiger charge is -2.03. The average Bonchev–Trinajstić information content (AvgIpc) is 3.25. The minimum absolute atomic E-state index is 0.151. The highest BCUT2D eigenvalue weighted by molar-refractivity contribution is 7.20. The quantitative estimate of drug-likeness (QED) is 0.339. The van der Waals surface area contributed by atoms with Crippen LogP contribution in [0.2, 0.25) is 0 Å². The standard InChI is InChI=1S/C18H11F3N4O2S/c1-10-2-7-13-15(8-10)28-17(22-13)24-14(9-16(23-24)18(19,20)21)11-3-5-12(6-4-11)25(26)27/h2-9H,1H3. The number of thiazole rings is 1. The van der Waals surface area contributed by atoms with Crippen molar-refractivity contribution in [1.29, 1.82) is 0 Å². The Morgan fingerprint density at radius 3 is 2.46 bits per heavy atom. The van der Waals surface area contributed by atoms with Crippen molar-refractivity contribution in [1.82, 2.24) is 14.8 Å². The summed E-state index contributed by atoms with van der Waals surface area (Å²) in [6.45, 7) is 1.91. The number of alkyl halides is 3. The van der Waals surface area contributed by atoms with E-state index >= 15 is 0 Å². The van der Waals surface area contributed by atoms with Crippen LogP contribution >= 0.6 is 11.3 Å². The number of fused-ring (bicyclic) bond motifs is 1. The minimum atomic E-state index is -4.63. The molecule has 0 radical (unpaired) electrons. The first kappa shape index (κ1) is 18.1. The number of aromatic nitrogens is 3. The molecule has 2 heterocycles. The minimum Gasteiger partial charge on any atom is -0.258 e. The predicted molar refractivity (Wildman–Crippen MR) is 98.6 cm³/mol. The van der Waals surface area contributed by atoms with Crippen LogP contribution in [0.25, 0.3) is 26.6 Å². The zero-order valence-corrected chi connectivity index (χ0v) is 15.1. The van der Waals surface area contributed by atoms with E-state index in [1.54, 1.807) is 6.07 Å². The van der Waals surface area contributed by atoms with E-state index < -0.39 is 16.8 Å². The number of nitro benzene ring substituents is 1. The molecule has 0 aliphatic rings. The molecule has 0 spiro atoms. The lowest BCUT2D eigenvalue weighted by atomic mass is 10.1. The van der Waals surface area contributed by atoms with Gasteiger partial charge in [-0.15, -0.1) is 0 Å². The Morgan fingerprint density at radius 1 is 1.11 bits per heavy atom. The molecule has 0 aliphatic carbocycles. The van der Waals surface area contributed by atoms with E-state index in [1.165, 1.54) is 35.6 Å². The van der Waals surface area contributed by atoms with Crippen molar-refractivity contribution in [3.63, 3.8) is 0 Å². The topological polar surface area (TPSA) is 73.8 Å². The summed E-state index contributed by atoms with van der Waals surface area (Å²) in [5.41, 5.74) is 0.971. The summed E-state index contributed by atoms with van der Waals surface area (Å²) < 4.78 is 41.7. The maximum Gasteiger partial charge on any atom is 0.435 e. The fraction of sp³-hybridized carbons (Fsp3) is 0.111. The first-order valence-electron chi connectivity index (χ1n) is 8.02. The van der Waals surface area contributed by atoms with Crippen LogP contribution in [-0.2, 0) is 6.18 Å². The number of benzene rings is 2. The Kier molecular flexibility index (Phi) is 4.15. The molecule has 28 heavy (non-hydrogen) atoms. The van der Waals surface area contributed by atoms with Crippen LogP contribution in [0.5, 0.6) is 0 Å². The van der Waals surface area contributed by atoms with E-state index in [-0.39, 0.29) is 16.5 Å². The molecule has 0 aliphatic heterocycles. The van der Waals surface area contributed by atoms with Gasteiger partial charge in [0.2, 0.25) is 5.13 Å². The van der Waals surface area contributed by atoms with Gasteiger partial charge in [0.15, 0.2) is 5.69 Å². The first-order chi connectivity index (χ1) is 13.2. The predicted octanol–water partition coefficient (Wildman–Crippen LogP) is 5.38. The normalized spacial score (nSPS) is 11.9. The third-order valence-electron chi connectivity index (χ3n) is 4.09. The number of non-ortho nitro benzene ring substituents is 1. The molecule has 2 aromatic heterocycles. The summed E-state index contributed by atoms with van der Waals surface area (Å²) in [5, 5.41) is 14.8. The zero-order valence-electron chi connectivity index (χ0n) is 14.3. The Morgan fingerprint density at radius 2 is 1.82 bits per heavy atom. The van der Waals surface area contributed by atoms with Crippen molar-refractivity contribution < 1.29 is 18.1 Å². The second kappa shape index (κ2) is 6.41. The summed E-state index contributed by atoms with van der Waals surface area (Å²) in [6.07, 6.45) is -4.63. The molecule has 0 fully saturated rings. The van der Waals surface area contributed by atoms with Crippen LogP contribution in [0.4, 0.5) is 18.9 Å². The van der Waals surface area contributed by atoms with Gasteiger partial charge in [-0.05, 0) is 42.8 Å². The van der Waals surface area contributed by atoms with Gasteiger partial charge < -0.3 is 0 Å². The fourth-order valence-electron chi connectivity index (χ4n) is 2.74. The van der Waals surface area contributed by atoms with Gasteiger partial charge in [-0.1, -0.05) is 17.4 Å². The molecule has 0 bridgehead atoms. The van der Waals surface area contributed by atoms with Gasteiger partial charge in [-0.3, -0.25) is 10.1 Å². The van der Waals surface area contributed by atoms with Crippen molar-refractivity contribution in [3.8, 4) is 16.4 Å². The third kappa shape index (κ3) is 3.22. The molecule has 2 aromatic carbocycles. The van der Waals surface area contributed by atoms with E-state index in [4.69, 9.17) is 0 Å². The molecule has 4 aromatic rings. The van der Waals surface area contributed by atoms with Crippen molar-refractivity contribution in [2.24, 2.45) is 0 Å². The summed E-state index contributed by atoms with van der Waals surface area (Å²) in [6, 6.07) is 11.7. The SMILES string of the molecule is Cc1ccc2nc(-n3nc(C(F)(F)F)cc3-c3ccc([N+](=O)[O-])cc3)sc2c1. The molecule has 0 saturated heterocycles. The van der Waals surface area contributed by atoms with Crippen LogP contribution < -0.4 is 0 Å². The van der Waals surface area contributed by atoms with E-state index in [9.17, 15) is 23.3 Å². The molecule has 0 saturated carbocycles. The van der Waals surface area contributed by atoms with Crippen molar-refractivity contribution >= 4 is 27.2 Å². The molecule has 0 unspecified atom stereocenters. The maximum absolute atomic E-state index is 13.3. The average molecular weight is 404 g/mol. The van der Waals surface area contributed by atoms with Gasteiger partial charge in [0, 0.05) is 17.7 Å². The Labute approximate surface area is 160 Å². The van der Waals surface area contributed by atoms with Crippen LogP contribution in [-0.4, -0.2) is 19.7 Å². The molecule has 6 nitrogen and oxygen atoms in total. The third-order valence-corrected chi connectivity index (χ3v) is 5.08. The molecule has 142 valence electrons. The van der Waals surface area contributed by atoms with Crippen LogP contribution in [0.15, 0.2) is 48.5 Å². The lowest BCUT2D eigenvalue weighted by molar-refractivity contribution is -0.384. The Balaban J connectivity index is 1.89. The molecule has 4 rings (SSSR count). The molecule has 0 N–H and O–H groups in total. The highest BCUT2D eigenvalue weighted by Crippen LogP contribution is 2.35. The van der Waals surface area contributed by atoms with Gasteiger partial charge in [-0.2, -0.15) is 18.3 Å². The molecular formula is C18H11F3N4O2S. The monoisotopic (exact) mass is 404 g/mol. The van der Waals surface area contributed by atoms with Gasteiger partial charge in [-0.25, -0.2) is 9.67 Å². The van der Waals surface area contributed by atoms with E-state index in [2.05, 4.69) is 10.1 Å². The first-order valence-corrected chi connectivity index (χ1v) is 8.84. The van der Waals surface area contributed by atoms with Gasteiger partial charge in [0.1, 0.15) is 0 Å². The fourth-order valence-corrected chi connectivity index (χ4v) is 3.76. The van der Waals surface area contributed by atoms with E-state index in [0.29, 0.717) is 11.1 Å². The zero-order chi connectivity index (χ0) is 20.1.